The van der Waals surface area contributed by atoms with E-state index in [9.17, 15) is 4.79 Å². The molecule has 0 radical (unpaired) electrons. The zero-order valence-electron chi connectivity index (χ0n) is 14.3. The summed E-state index contributed by atoms with van der Waals surface area (Å²) in [6, 6.07) is 10.2. The normalized spacial score (nSPS) is 10.0. The summed E-state index contributed by atoms with van der Waals surface area (Å²) in [5.41, 5.74) is 6.71. The molecule has 5 nitrogen and oxygen atoms in total. The summed E-state index contributed by atoms with van der Waals surface area (Å²) in [6.07, 6.45) is 0.728. The second kappa shape index (κ2) is 11.1. The Morgan fingerprint density at radius 1 is 1.15 bits per heavy atom. The first-order valence-electron chi connectivity index (χ1n) is 7.78. The van der Waals surface area contributed by atoms with E-state index in [0.29, 0.717) is 40.2 Å². The van der Waals surface area contributed by atoms with E-state index in [1.807, 2.05) is 0 Å². The predicted molar refractivity (Wildman–Crippen MR) is 107 cm³/mol. The van der Waals surface area contributed by atoms with Gasteiger partial charge in [0.1, 0.15) is 6.61 Å². The standard InChI is InChI=1S/C18H20Cl2N2O3.ClH/c1-24-17-9-12(18(23)22-8-2-7-21)4-6-16(17)25-11-13-3-5-14(19)10-15(13)20;/h3-6,9-10H,2,7-8,11,21H2,1H3,(H,22,23);1H. The van der Waals surface area contributed by atoms with Crippen LogP contribution >= 0.6 is 35.6 Å². The van der Waals surface area contributed by atoms with E-state index in [0.717, 1.165) is 12.0 Å². The first-order chi connectivity index (χ1) is 12.0. The van der Waals surface area contributed by atoms with Crippen LogP contribution in [0.2, 0.25) is 10.0 Å². The second-order valence-corrected chi connectivity index (χ2v) is 6.13. The molecular formula is C18H21Cl3N2O3. The van der Waals surface area contributed by atoms with Crippen molar-refractivity contribution in [1.82, 2.24) is 5.32 Å². The number of methoxy groups -OCH3 is 1. The van der Waals surface area contributed by atoms with Crippen LogP contribution in [0.5, 0.6) is 11.5 Å². The van der Waals surface area contributed by atoms with Gasteiger partial charge >= 0.3 is 0 Å². The highest BCUT2D eigenvalue weighted by molar-refractivity contribution is 6.35. The lowest BCUT2D eigenvalue weighted by Crippen LogP contribution is -2.25. The number of amides is 1. The summed E-state index contributed by atoms with van der Waals surface area (Å²) in [5, 5.41) is 3.89. The van der Waals surface area contributed by atoms with E-state index in [2.05, 4.69) is 5.32 Å². The number of benzene rings is 2. The van der Waals surface area contributed by atoms with E-state index >= 15 is 0 Å². The molecule has 0 aliphatic heterocycles. The van der Waals surface area contributed by atoms with Crippen molar-refractivity contribution in [2.75, 3.05) is 20.2 Å². The van der Waals surface area contributed by atoms with E-state index in [-0.39, 0.29) is 24.9 Å². The van der Waals surface area contributed by atoms with Crippen LogP contribution in [0.3, 0.4) is 0 Å². The molecule has 0 aliphatic rings. The Kier molecular flexibility index (Phi) is 9.59. The van der Waals surface area contributed by atoms with Gasteiger partial charge in [0.2, 0.25) is 0 Å². The van der Waals surface area contributed by atoms with Crippen LogP contribution < -0.4 is 20.5 Å². The van der Waals surface area contributed by atoms with Crippen LogP contribution in [0.25, 0.3) is 0 Å². The van der Waals surface area contributed by atoms with Crippen molar-refractivity contribution in [2.45, 2.75) is 13.0 Å². The molecule has 26 heavy (non-hydrogen) atoms. The van der Waals surface area contributed by atoms with Crippen LogP contribution in [0, 0.1) is 0 Å². The number of ether oxygens (including phenoxy) is 2. The number of carbonyl (C=O) groups excluding carboxylic acids is 1. The summed E-state index contributed by atoms with van der Waals surface area (Å²) in [7, 11) is 1.52. The third-order valence-corrected chi connectivity index (χ3v) is 4.08. The predicted octanol–water partition coefficient (Wildman–Crippen LogP) is 4.08. The molecule has 0 spiro atoms. The van der Waals surface area contributed by atoms with Gasteiger partial charge in [-0.1, -0.05) is 29.3 Å². The Bertz CT molecular complexity index is 742. The van der Waals surface area contributed by atoms with Crippen molar-refractivity contribution in [3.63, 3.8) is 0 Å². The average molecular weight is 420 g/mol. The van der Waals surface area contributed by atoms with Crippen LogP contribution in [-0.4, -0.2) is 26.1 Å². The zero-order chi connectivity index (χ0) is 18.2. The monoisotopic (exact) mass is 418 g/mol. The summed E-state index contributed by atoms with van der Waals surface area (Å²) >= 11 is 12.0. The fourth-order valence-electron chi connectivity index (χ4n) is 2.13. The lowest BCUT2D eigenvalue weighted by atomic mass is 10.2. The number of nitrogens with two attached hydrogens (primary N) is 1. The lowest BCUT2D eigenvalue weighted by molar-refractivity contribution is 0.0953. The summed E-state index contributed by atoms with van der Waals surface area (Å²) in [5.74, 6) is 0.808. The highest BCUT2D eigenvalue weighted by Gasteiger charge is 2.12. The van der Waals surface area contributed by atoms with Crippen molar-refractivity contribution in [3.8, 4) is 11.5 Å². The maximum Gasteiger partial charge on any atom is 0.251 e. The Labute approximate surface area is 169 Å². The SMILES string of the molecule is COc1cc(C(=O)NCCCN)ccc1OCc1ccc(Cl)cc1Cl.Cl. The van der Waals surface area contributed by atoms with Gasteiger partial charge in [-0.05, 0) is 43.3 Å². The minimum atomic E-state index is -0.181. The van der Waals surface area contributed by atoms with Gasteiger partial charge in [0.25, 0.3) is 5.91 Å². The van der Waals surface area contributed by atoms with Gasteiger partial charge in [0, 0.05) is 27.7 Å². The van der Waals surface area contributed by atoms with Gasteiger partial charge in [0.05, 0.1) is 7.11 Å². The third kappa shape index (κ3) is 6.25. The van der Waals surface area contributed by atoms with Gasteiger partial charge < -0.3 is 20.5 Å². The Hall–Kier alpha value is -1.66. The van der Waals surface area contributed by atoms with E-state index < -0.39 is 0 Å². The maximum atomic E-state index is 12.1. The van der Waals surface area contributed by atoms with Gasteiger partial charge in [-0.2, -0.15) is 0 Å². The molecule has 0 heterocycles. The molecule has 0 saturated heterocycles. The van der Waals surface area contributed by atoms with Gasteiger partial charge in [0.15, 0.2) is 11.5 Å². The average Bonchev–Trinajstić information content (AvgIpc) is 2.61. The fraction of sp³-hybridized carbons (Fsp3) is 0.278. The first kappa shape index (κ1) is 22.4. The Morgan fingerprint density at radius 2 is 1.92 bits per heavy atom. The number of nitrogens with one attached hydrogen (secondary N) is 1. The van der Waals surface area contributed by atoms with Crippen molar-refractivity contribution >= 4 is 41.5 Å². The van der Waals surface area contributed by atoms with Crippen LogP contribution in [0.4, 0.5) is 0 Å². The molecule has 1 amide bonds. The quantitative estimate of drug-likeness (QED) is 0.632. The molecule has 2 aromatic rings. The molecule has 2 aromatic carbocycles. The Balaban J connectivity index is 0.00000338. The summed E-state index contributed by atoms with van der Waals surface area (Å²) in [6.45, 7) is 1.32. The zero-order valence-corrected chi connectivity index (χ0v) is 16.6. The van der Waals surface area contributed by atoms with Crippen molar-refractivity contribution < 1.29 is 14.3 Å². The van der Waals surface area contributed by atoms with Gasteiger partial charge in [-0.25, -0.2) is 0 Å². The fourth-order valence-corrected chi connectivity index (χ4v) is 2.59. The third-order valence-electron chi connectivity index (χ3n) is 3.49. The minimum absolute atomic E-state index is 0. The van der Waals surface area contributed by atoms with Gasteiger partial charge in [-0.3, -0.25) is 4.79 Å². The smallest absolute Gasteiger partial charge is 0.251 e. The van der Waals surface area contributed by atoms with E-state index in [4.69, 9.17) is 38.4 Å². The molecule has 0 atom stereocenters. The molecule has 0 aromatic heterocycles. The van der Waals surface area contributed by atoms with Crippen LogP contribution in [0.15, 0.2) is 36.4 Å². The number of carbonyl (C=O) groups is 1. The number of halogens is 3. The number of hydrogen-bond acceptors (Lipinski definition) is 4. The topological polar surface area (TPSA) is 73.6 Å². The number of rotatable bonds is 8. The molecular weight excluding hydrogens is 399 g/mol. The highest BCUT2D eigenvalue weighted by atomic mass is 35.5. The molecule has 0 aliphatic carbocycles. The van der Waals surface area contributed by atoms with Crippen molar-refractivity contribution in [1.29, 1.82) is 0 Å². The second-order valence-electron chi connectivity index (χ2n) is 5.29. The first-order valence-corrected chi connectivity index (χ1v) is 8.53. The molecule has 3 N–H and O–H groups in total. The maximum absolute atomic E-state index is 12.1. The highest BCUT2D eigenvalue weighted by Crippen LogP contribution is 2.30. The molecule has 0 unspecified atom stereocenters. The van der Waals surface area contributed by atoms with Crippen LogP contribution in [-0.2, 0) is 6.61 Å². The largest absolute Gasteiger partial charge is 0.493 e. The van der Waals surface area contributed by atoms with Crippen LogP contribution in [0.1, 0.15) is 22.3 Å². The molecule has 0 saturated carbocycles. The van der Waals surface area contributed by atoms with E-state index in [1.54, 1.807) is 36.4 Å². The molecule has 2 rings (SSSR count). The van der Waals surface area contributed by atoms with Gasteiger partial charge in [-0.15, -0.1) is 12.4 Å². The van der Waals surface area contributed by atoms with Crippen molar-refractivity contribution in [3.05, 3.63) is 57.6 Å². The number of hydrogen-bond donors (Lipinski definition) is 2. The minimum Gasteiger partial charge on any atom is -0.493 e. The molecule has 8 heteroatoms. The molecule has 0 bridgehead atoms. The summed E-state index contributed by atoms with van der Waals surface area (Å²) < 4.78 is 11.1. The Morgan fingerprint density at radius 3 is 2.58 bits per heavy atom. The van der Waals surface area contributed by atoms with Crippen molar-refractivity contribution in [2.24, 2.45) is 5.73 Å². The molecule has 0 fully saturated rings. The molecule has 142 valence electrons. The summed E-state index contributed by atoms with van der Waals surface area (Å²) in [4.78, 5) is 12.1. The lowest BCUT2D eigenvalue weighted by Gasteiger charge is -2.13. The van der Waals surface area contributed by atoms with E-state index in [1.165, 1.54) is 7.11 Å².